The van der Waals surface area contributed by atoms with Crippen LogP contribution >= 0.6 is 11.6 Å². The lowest BCUT2D eigenvalue weighted by Gasteiger charge is -2.15. The molecular formula is C21H26ClN3O4. The Kier molecular flexibility index (Phi) is 8.61. The Balaban J connectivity index is 2.14. The van der Waals surface area contributed by atoms with E-state index < -0.39 is 0 Å². The fourth-order valence-corrected chi connectivity index (χ4v) is 2.72. The third-order valence-electron chi connectivity index (χ3n) is 3.94. The van der Waals surface area contributed by atoms with Crippen molar-refractivity contribution in [3.63, 3.8) is 0 Å². The molecule has 0 saturated heterocycles. The normalized spacial score (nSPS) is 10.2. The Morgan fingerprint density at radius 1 is 1.00 bits per heavy atom. The van der Waals surface area contributed by atoms with Crippen LogP contribution in [-0.2, 0) is 0 Å². The summed E-state index contributed by atoms with van der Waals surface area (Å²) in [6.45, 7) is 4.87. The number of hydrogen-bond donors (Lipinski definition) is 3. The number of nitrogens with one attached hydrogen (secondary N) is 3. The summed E-state index contributed by atoms with van der Waals surface area (Å²) in [5.41, 5.74) is 1.54. The van der Waals surface area contributed by atoms with E-state index in [2.05, 4.69) is 22.9 Å². The molecule has 3 N–H and O–H groups in total. The zero-order chi connectivity index (χ0) is 21.2. The molecule has 0 heterocycles. The lowest BCUT2D eigenvalue weighted by Crippen LogP contribution is -2.24. The Labute approximate surface area is 175 Å². The lowest BCUT2D eigenvalue weighted by atomic mass is 10.1. The van der Waals surface area contributed by atoms with Crippen molar-refractivity contribution in [3.8, 4) is 11.5 Å². The lowest BCUT2D eigenvalue weighted by molar-refractivity contribution is 0.102. The van der Waals surface area contributed by atoms with E-state index in [9.17, 15) is 9.59 Å². The monoisotopic (exact) mass is 419 g/mol. The van der Waals surface area contributed by atoms with Crippen molar-refractivity contribution < 1.29 is 19.1 Å². The smallest absolute Gasteiger partial charge is 0.318 e. The molecule has 156 valence electrons. The summed E-state index contributed by atoms with van der Waals surface area (Å²) < 4.78 is 11.4. The molecule has 0 aliphatic heterocycles. The molecule has 0 aliphatic carbocycles. The predicted octanol–water partition coefficient (Wildman–Crippen LogP) is 4.92. The summed E-state index contributed by atoms with van der Waals surface area (Å²) >= 11 is 6.35. The van der Waals surface area contributed by atoms with E-state index in [-0.39, 0.29) is 11.9 Å². The summed E-state index contributed by atoms with van der Waals surface area (Å²) in [7, 11) is 1.53. The maximum absolute atomic E-state index is 12.7. The highest BCUT2D eigenvalue weighted by atomic mass is 35.5. The van der Waals surface area contributed by atoms with Crippen LogP contribution in [0.4, 0.5) is 16.2 Å². The Hall–Kier alpha value is -2.93. The zero-order valence-corrected chi connectivity index (χ0v) is 17.6. The third-order valence-corrected chi connectivity index (χ3v) is 4.22. The minimum absolute atomic E-state index is 0.318. The van der Waals surface area contributed by atoms with Crippen molar-refractivity contribution in [2.75, 3.05) is 30.9 Å². The molecule has 8 heteroatoms. The standard InChI is InChI=1S/C21H26ClN3O4/c1-4-6-11-29-19-17(22)12-14(13-18(19)28-5-2)20(26)24-15-7-9-16(10-8-15)25-21(27)23-3/h7-10,12-13H,4-6,11H2,1-3H3,(H,24,26)(H2,23,25,27). The second kappa shape index (κ2) is 11.2. The number of benzene rings is 2. The molecule has 0 aromatic heterocycles. The largest absolute Gasteiger partial charge is 0.490 e. The van der Waals surface area contributed by atoms with Gasteiger partial charge < -0.3 is 25.4 Å². The van der Waals surface area contributed by atoms with Gasteiger partial charge in [0.2, 0.25) is 0 Å². The van der Waals surface area contributed by atoms with Crippen LogP contribution < -0.4 is 25.4 Å². The first-order valence-electron chi connectivity index (χ1n) is 9.47. The highest BCUT2D eigenvalue weighted by Gasteiger charge is 2.16. The minimum Gasteiger partial charge on any atom is -0.490 e. The van der Waals surface area contributed by atoms with Gasteiger partial charge in [0.25, 0.3) is 5.91 Å². The zero-order valence-electron chi connectivity index (χ0n) is 16.8. The number of anilines is 2. The number of halogens is 1. The molecular weight excluding hydrogens is 394 g/mol. The average molecular weight is 420 g/mol. The van der Waals surface area contributed by atoms with E-state index in [1.807, 2.05) is 6.92 Å². The second-order valence-corrected chi connectivity index (χ2v) is 6.56. The number of ether oxygens (including phenoxy) is 2. The Morgan fingerprint density at radius 2 is 1.66 bits per heavy atom. The van der Waals surface area contributed by atoms with Crippen LogP contribution in [0.1, 0.15) is 37.0 Å². The van der Waals surface area contributed by atoms with Gasteiger partial charge in [-0.15, -0.1) is 0 Å². The first-order chi connectivity index (χ1) is 14.0. The number of carbonyl (C=O) groups excluding carboxylic acids is 2. The fraction of sp³-hybridized carbons (Fsp3) is 0.333. The maximum atomic E-state index is 12.7. The van der Waals surface area contributed by atoms with Gasteiger partial charge in [-0.2, -0.15) is 0 Å². The first-order valence-corrected chi connectivity index (χ1v) is 9.85. The van der Waals surface area contributed by atoms with Crippen molar-refractivity contribution in [1.82, 2.24) is 5.32 Å². The van der Waals surface area contributed by atoms with E-state index in [0.29, 0.717) is 46.7 Å². The van der Waals surface area contributed by atoms with Crippen molar-refractivity contribution in [2.45, 2.75) is 26.7 Å². The van der Waals surface area contributed by atoms with Gasteiger partial charge in [0, 0.05) is 24.0 Å². The van der Waals surface area contributed by atoms with Crippen LogP contribution in [-0.4, -0.2) is 32.2 Å². The molecule has 0 aliphatic rings. The molecule has 7 nitrogen and oxygen atoms in total. The van der Waals surface area contributed by atoms with Gasteiger partial charge >= 0.3 is 6.03 Å². The number of amides is 3. The molecule has 0 spiro atoms. The molecule has 2 aromatic rings. The van der Waals surface area contributed by atoms with Crippen LogP contribution in [0, 0.1) is 0 Å². The van der Waals surface area contributed by atoms with Gasteiger partial charge in [-0.3, -0.25) is 4.79 Å². The fourth-order valence-electron chi connectivity index (χ4n) is 2.45. The predicted molar refractivity (Wildman–Crippen MR) is 115 cm³/mol. The molecule has 0 atom stereocenters. The van der Waals surface area contributed by atoms with Gasteiger partial charge in [0.15, 0.2) is 11.5 Å². The molecule has 3 amide bonds. The van der Waals surface area contributed by atoms with Crippen molar-refractivity contribution >= 4 is 34.9 Å². The third kappa shape index (κ3) is 6.57. The molecule has 0 fully saturated rings. The van der Waals surface area contributed by atoms with Crippen LogP contribution in [0.5, 0.6) is 11.5 Å². The summed E-state index contributed by atoms with van der Waals surface area (Å²) in [5, 5.41) is 8.24. The average Bonchev–Trinajstić information content (AvgIpc) is 2.71. The summed E-state index contributed by atoms with van der Waals surface area (Å²) in [5.74, 6) is 0.550. The molecule has 0 saturated carbocycles. The van der Waals surface area contributed by atoms with Crippen molar-refractivity contribution in [2.24, 2.45) is 0 Å². The van der Waals surface area contributed by atoms with Gasteiger partial charge in [-0.1, -0.05) is 24.9 Å². The molecule has 0 radical (unpaired) electrons. The highest BCUT2D eigenvalue weighted by molar-refractivity contribution is 6.32. The van der Waals surface area contributed by atoms with E-state index in [0.717, 1.165) is 12.8 Å². The highest BCUT2D eigenvalue weighted by Crippen LogP contribution is 2.37. The van der Waals surface area contributed by atoms with Crippen LogP contribution in [0.3, 0.4) is 0 Å². The summed E-state index contributed by atoms with van der Waals surface area (Å²) in [4.78, 5) is 24.0. The quantitative estimate of drug-likeness (QED) is 0.503. The number of rotatable bonds is 9. The summed E-state index contributed by atoms with van der Waals surface area (Å²) in [6.07, 6.45) is 1.90. The van der Waals surface area contributed by atoms with Gasteiger partial charge in [-0.05, 0) is 49.7 Å². The number of hydrogen-bond acceptors (Lipinski definition) is 4. The molecule has 2 rings (SSSR count). The molecule has 0 unspecified atom stereocenters. The molecule has 2 aromatic carbocycles. The van der Waals surface area contributed by atoms with E-state index in [4.69, 9.17) is 21.1 Å². The molecule has 29 heavy (non-hydrogen) atoms. The van der Waals surface area contributed by atoms with E-state index in [1.54, 1.807) is 36.4 Å². The van der Waals surface area contributed by atoms with E-state index >= 15 is 0 Å². The van der Waals surface area contributed by atoms with Gasteiger partial charge in [0.05, 0.1) is 18.2 Å². The van der Waals surface area contributed by atoms with Gasteiger partial charge in [0.1, 0.15) is 0 Å². The van der Waals surface area contributed by atoms with Crippen molar-refractivity contribution in [3.05, 3.63) is 47.0 Å². The Bertz CT molecular complexity index is 841. The van der Waals surface area contributed by atoms with Gasteiger partial charge in [-0.25, -0.2) is 4.79 Å². The molecule has 0 bridgehead atoms. The summed E-state index contributed by atoms with van der Waals surface area (Å²) in [6, 6.07) is 9.62. The SMILES string of the molecule is CCCCOc1c(Cl)cc(C(=O)Nc2ccc(NC(=O)NC)cc2)cc1OCC. The number of unbranched alkanes of at least 4 members (excludes halogenated alkanes) is 1. The van der Waals surface area contributed by atoms with Crippen LogP contribution in [0.25, 0.3) is 0 Å². The van der Waals surface area contributed by atoms with Crippen molar-refractivity contribution in [1.29, 1.82) is 0 Å². The maximum Gasteiger partial charge on any atom is 0.318 e. The number of carbonyl (C=O) groups is 2. The van der Waals surface area contributed by atoms with Crippen LogP contribution in [0.2, 0.25) is 5.02 Å². The minimum atomic E-state index is -0.333. The second-order valence-electron chi connectivity index (χ2n) is 6.16. The van der Waals surface area contributed by atoms with Crippen LogP contribution in [0.15, 0.2) is 36.4 Å². The first kappa shape index (κ1) is 22.4. The Morgan fingerprint density at radius 3 is 2.24 bits per heavy atom. The number of urea groups is 1. The van der Waals surface area contributed by atoms with E-state index in [1.165, 1.54) is 7.05 Å². The topological polar surface area (TPSA) is 88.7 Å².